The lowest BCUT2D eigenvalue weighted by Crippen LogP contribution is -3.09. The second-order valence-corrected chi connectivity index (χ2v) is 8.03. The summed E-state index contributed by atoms with van der Waals surface area (Å²) in [6.07, 6.45) is 9.14. The summed E-state index contributed by atoms with van der Waals surface area (Å²) < 4.78 is 0. The van der Waals surface area contributed by atoms with Crippen molar-refractivity contribution in [3.05, 3.63) is 89.5 Å². The highest BCUT2D eigenvalue weighted by Crippen LogP contribution is 2.31. The van der Waals surface area contributed by atoms with Crippen LogP contribution in [0.15, 0.2) is 78.4 Å². The van der Waals surface area contributed by atoms with Gasteiger partial charge in [-0.15, -0.1) is 0 Å². The summed E-state index contributed by atoms with van der Waals surface area (Å²) in [5, 5.41) is 0. The van der Waals surface area contributed by atoms with Gasteiger partial charge in [-0.25, -0.2) is 0 Å². The Bertz CT molecular complexity index is 813. The van der Waals surface area contributed by atoms with Crippen LogP contribution in [0.5, 0.6) is 0 Å². The van der Waals surface area contributed by atoms with Crippen LogP contribution in [0.2, 0.25) is 0 Å². The predicted molar refractivity (Wildman–Crippen MR) is 122 cm³/mol. The van der Waals surface area contributed by atoms with Gasteiger partial charge in [0.05, 0.1) is 14.1 Å². The Morgan fingerprint density at radius 1 is 0.679 bits per heavy atom. The zero-order chi connectivity index (χ0) is 20.3. The minimum atomic E-state index is 0.428. The molecule has 0 aromatic heterocycles. The van der Waals surface area contributed by atoms with E-state index in [1.54, 1.807) is 0 Å². The third-order valence-electron chi connectivity index (χ3n) is 5.27. The molecule has 0 heterocycles. The number of hydrogen-bond donors (Lipinski definition) is 1. The van der Waals surface area contributed by atoms with Crippen molar-refractivity contribution in [2.24, 2.45) is 0 Å². The van der Waals surface area contributed by atoms with Gasteiger partial charge in [0.2, 0.25) is 0 Å². The number of anilines is 2. The molecule has 3 nitrogen and oxygen atoms in total. The van der Waals surface area contributed by atoms with Crippen molar-refractivity contribution in [2.75, 3.05) is 52.1 Å². The Morgan fingerprint density at radius 2 is 1.07 bits per heavy atom. The lowest BCUT2D eigenvalue weighted by molar-refractivity contribution is -0.871. The third kappa shape index (κ3) is 4.37. The van der Waals surface area contributed by atoms with Crippen molar-refractivity contribution >= 4 is 16.9 Å². The Kier molecular flexibility index (Phi) is 6.05. The van der Waals surface area contributed by atoms with E-state index in [-0.39, 0.29) is 0 Å². The molecule has 0 bridgehead atoms. The van der Waals surface area contributed by atoms with Gasteiger partial charge in [0, 0.05) is 39.6 Å². The summed E-state index contributed by atoms with van der Waals surface area (Å²) in [5.74, 6) is 0. The second kappa shape index (κ2) is 8.49. The highest BCUT2D eigenvalue weighted by Gasteiger charge is 2.15. The monoisotopic (exact) mass is 374 g/mol. The maximum Gasteiger partial charge on any atom is 0.125 e. The van der Waals surface area contributed by atoms with Gasteiger partial charge in [-0.05, 0) is 58.7 Å². The van der Waals surface area contributed by atoms with Crippen LogP contribution < -0.4 is 14.7 Å². The van der Waals surface area contributed by atoms with E-state index in [0.717, 1.165) is 0 Å². The Balaban J connectivity index is 2.08. The third-order valence-corrected chi connectivity index (χ3v) is 5.27. The van der Waals surface area contributed by atoms with Gasteiger partial charge >= 0.3 is 0 Å². The Labute approximate surface area is 169 Å². The molecule has 1 aliphatic rings. The summed E-state index contributed by atoms with van der Waals surface area (Å²) >= 11 is 0. The lowest BCUT2D eigenvalue weighted by atomic mass is 9.90. The van der Waals surface area contributed by atoms with Crippen molar-refractivity contribution in [1.82, 2.24) is 0 Å². The van der Waals surface area contributed by atoms with Crippen LogP contribution >= 0.6 is 0 Å². The molecule has 1 aliphatic carbocycles. The highest BCUT2D eigenvalue weighted by atomic mass is 15.1. The number of hydrogen-bond acceptors (Lipinski definition) is 2. The molecule has 3 rings (SSSR count). The van der Waals surface area contributed by atoms with Gasteiger partial charge < -0.3 is 14.7 Å². The topological polar surface area (TPSA) is 10.9 Å². The van der Waals surface area contributed by atoms with E-state index < -0.39 is 0 Å². The first-order valence-electron chi connectivity index (χ1n) is 9.83. The molecular weight excluding hydrogens is 342 g/mol. The fraction of sp³-hybridized carbons (Fsp3) is 0.280. The van der Waals surface area contributed by atoms with E-state index in [0.29, 0.717) is 6.04 Å². The molecule has 0 saturated carbocycles. The number of rotatable bonds is 5. The number of quaternary nitrogens is 1. The largest absolute Gasteiger partial charge is 0.378 e. The number of benzene rings is 2. The quantitative estimate of drug-likeness (QED) is 0.861. The SMILES string of the molecule is CN(C)c1ccc(C(=C2C=CC([NH+](C)C)C=C2)c2ccc(N(C)C)cc2)cc1. The maximum absolute atomic E-state index is 2.30. The molecule has 2 aromatic rings. The molecule has 0 atom stereocenters. The van der Waals surface area contributed by atoms with Gasteiger partial charge in [0.15, 0.2) is 0 Å². The van der Waals surface area contributed by atoms with Crippen molar-refractivity contribution in [3.8, 4) is 0 Å². The number of nitrogens with zero attached hydrogens (tertiary/aromatic N) is 2. The molecule has 28 heavy (non-hydrogen) atoms. The van der Waals surface area contributed by atoms with Gasteiger partial charge in [0.25, 0.3) is 0 Å². The molecule has 0 fully saturated rings. The smallest absolute Gasteiger partial charge is 0.125 e. The summed E-state index contributed by atoms with van der Waals surface area (Å²) in [4.78, 5) is 5.68. The summed E-state index contributed by atoms with van der Waals surface area (Å²) in [6.45, 7) is 0. The molecular formula is C25H32N3+. The van der Waals surface area contributed by atoms with Gasteiger partial charge in [-0.2, -0.15) is 0 Å². The van der Waals surface area contributed by atoms with E-state index in [1.165, 1.54) is 38.5 Å². The summed E-state index contributed by atoms with van der Waals surface area (Å²) in [5.41, 5.74) is 7.43. The van der Waals surface area contributed by atoms with Crippen LogP contribution in [0.25, 0.3) is 5.57 Å². The zero-order valence-corrected chi connectivity index (χ0v) is 17.9. The van der Waals surface area contributed by atoms with Crippen molar-refractivity contribution in [1.29, 1.82) is 0 Å². The van der Waals surface area contributed by atoms with E-state index >= 15 is 0 Å². The van der Waals surface area contributed by atoms with E-state index in [2.05, 4.69) is 125 Å². The zero-order valence-electron chi connectivity index (χ0n) is 17.9. The average molecular weight is 375 g/mol. The van der Waals surface area contributed by atoms with Gasteiger partial charge in [-0.1, -0.05) is 36.4 Å². The van der Waals surface area contributed by atoms with Gasteiger partial charge in [-0.3, -0.25) is 0 Å². The number of likely N-dealkylation sites (N-methyl/N-ethyl adjacent to an activating group) is 1. The molecule has 0 aliphatic heterocycles. The van der Waals surface area contributed by atoms with Crippen LogP contribution in [0.4, 0.5) is 11.4 Å². The fourth-order valence-corrected chi connectivity index (χ4v) is 3.44. The van der Waals surface area contributed by atoms with Crippen LogP contribution in [0.3, 0.4) is 0 Å². The second-order valence-electron chi connectivity index (χ2n) is 8.03. The number of nitrogens with one attached hydrogen (secondary N) is 1. The average Bonchev–Trinajstić information content (AvgIpc) is 2.69. The predicted octanol–water partition coefficient (Wildman–Crippen LogP) is 3.26. The first-order chi connectivity index (χ1) is 13.4. The molecule has 0 spiro atoms. The van der Waals surface area contributed by atoms with Crippen LogP contribution in [0.1, 0.15) is 11.1 Å². The molecule has 2 aromatic carbocycles. The van der Waals surface area contributed by atoms with Crippen molar-refractivity contribution in [2.45, 2.75) is 6.04 Å². The van der Waals surface area contributed by atoms with Crippen molar-refractivity contribution < 1.29 is 4.90 Å². The molecule has 0 unspecified atom stereocenters. The fourth-order valence-electron chi connectivity index (χ4n) is 3.44. The molecule has 0 radical (unpaired) electrons. The summed E-state index contributed by atoms with van der Waals surface area (Å²) in [7, 11) is 12.7. The minimum absolute atomic E-state index is 0.428. The van der Waals surface area contributed by atoms with E-state index in [1.807, 2.05) is 0 Å². The van der Waals surface area contributed by atoms with E-state index in [9.17, 15) is 0 Å². The number of allylic oxidation sites excluding steroid dienone is 3. The summed E-state index contributed by atoms with van der Waals surface area (Å²) in [6, 6.07) is 18.1. The van der Waals surface area contributed by atoms with Crippen molar-refractivity contribution in [3.63, 3.8) is 0 Å². The minimum Gasteiger partial charge on any atom is -0.378 e. The van der Waals surface area contributed by atoms with Crippen LogP contribution in [-0.4, -0.2) is 48.3 Å². The maximum atomic E-state index is 2.30. The molecule has 3 heteroatoms. The van der Waals surface area contributed by atoms with Crippen LogP contribution in [-0.2, 0) is 0 Å². The first kappa shape index (κ1) is 20.0. The Hall–Kier alpha value is -2.78. The van der Waals surface area contributed by atoms with Crippen LogP contribution in [0, 0.1) is 0 Å². The Morgan fingerprint density at radius 3 is 1.39 bits per heavy atom. The first-order valence-corrected chi connectivity index (χ1v) is 9.83. The molecule has 146 valence electrons. The molecule has 1 N–H and O–H groups in total. The molecule has 0 amide bonds. The lowest BCUT2D eigenvalue weighted by Gasteiger charge is -2.20. The van der Waals surface area contributed by atoms with E-state index in [4.69, 9.17) is 0 Å². The highest BCUT2D eigenvalue weighted by molar-refractivity contribution is 5.86. The normalized spacial score (nSPS) is 15.8. The van der Waals surface area contributed by atoms with Gasteiger partial charge in [0.1, 0.15) is 6.04 Å². The molecule has 0 saturated heterocycles. The standard InChI is InChI=1S/C25H31N3/c1-26(2)22-13-7-19(8-14-22)25(20-9-15-23(16-10-20)27(3)4)21-11-17-24(18-12-21)28(5)6/h7-18,22H,1-6H3/p+1.